The first kappa shape index (κ1) is 20.0. The first-order chi connectivity index (χ1) is 13.1. The second-order valence-electron chi connectivity index (χ2n) is 7.43. The number of hydrogen-bond acceptors (Lipinski definition) is 4. The molecule has 1 heterocycles. The van der Waals surface area contributed by atoms with Gasteiger partial charge in [0, 0.05) is 18.9 Å². The van der Waals surface area contributed by atoms with Gasteiger partial charge < -0.3 is 4.74 Å². The Labute approximate surface area is 165 Å². The van der Waals surface area contributed by atoms with Crippen LogP contribution in [0.1, 0.15) is 25.0 Å². The summed E-state index contributed by atoms with van der Waals surface area (Å²) >= 11 is 0. The standard InChI is InChI=1S/C22H23NO4S/c1-22(2)14-18(15-23-21(22)24)17-11-19(13-20(12-17)28(3,25)26)27-10-9-16-7-5-4-6-8-16/h4-8,11-15H,9-10H2,1-3H3. The first-order valence-electron chi connectivity index (χ1n) is 8.99. The minimum Gasteiger partial charge on any atom is -0.493 e. The fraction of sp³-hybridized carbons (Fsp3) is 0.273. The van der Waals surface area contributed by atoms with E-state index in [0.29, 0.717) is 29.9 Å². The molecule has 146 valence electrons. The molecule has 0 spiro atoms. The minimum absolute atomic E-state index is 0.170. The number of hydrogen-bond donors (Lipinski definition) is 0. The van der Waals surface area contributed by atoms with Crippen LogP contribution in [0, 0.1) is 5.41 Å². The van der Waals surface area contributed by atoms with Crippen molar-refractivity contribution in [2.75, 3.05) is 12.9 Å². The van der Waals surface area contributed by atoms with Crippen molar-refractivity contribution in [2.24, 2.45) is 10.4 Å². The minimum atomic E-state index is -3.42. The van der Waals surface area contributed by atoms with Gasteiger partial charge in [-0.1, -0.05) is 36.4 Å². The number of nitrogens with zero attached hydrogens (tertiary/aromatic N) is 1. The van der Waals surface area contributed by atoms with Crippen molar-refractivity contribution in [1.29, 1.82) is 0 Å². The number of sulfone groups is 1. The van der Waals surface area contributed by atoms with Gasteiger partial charge in [0.2, 0.25) is 0 Å². The molecule has 1 aliphatic heterocycles. The van der Waals surface area contributed by atoms with Crippen LogP contribution in [0.5, 0.6) is 5.75 Å². The molecule has 0 bridgehead atoms. The number of benzene rings is 2. The normalized spacial score (nSPS) is 16.0. The van der Waals surface area contributed by atoms with E-state index in [1.54, 1.807) is 32.1 Å². The van der Waals surface area contributed by atoms with E-state index < -0.39 is 15.3 Å². The van der Waals surface area contributed by atoms with Gasteiger partial charge >= 0.3 is 0 Å². The van der Waals surface area contributed by atoms with E-state index in [0.717, 1.165) is 11.8 Å². The summed E-state index contributed by atoms with van der Waals surface area (Å²) in [4.78, 5) is 16.0. The van der Waals surface area contributed by atoms with Crippen molar-refractivity contribution in [1.82, 2.24) is 0 Å². The maximum atomic E-state index is 12.1. The van der Waals surface area contributed by atoms with Crippen LogP contribution in [0.15, 0.2) is 64.5 Å². The van der Waals surface area contributed by atoms with E-state index in [-0.39, 0.29) is 10.8 Å². The molecule has 0 aromatic heterocycles. The predicted octanol–water partition coefficient (Wildman–Crippen LogP) is 3.73. The van der Waals surface area contributed by atoms with Gasteiger partial charge in [-0.25, -0.2) is 13.4 Å². The van der Waals surface area contributed by atoms with Crippen molar-refractivity contribution in [3.05, 3.63) is 65.7 Å². The molecule has 1 amide bonds. The Balaban J connectivity index is 1.90. The second kappa shape index (κ2) is 7.72. The molecule has 28 heavy (non-hydrogen) atoms. The number of allylic oxidation sites excluding steroid dienone is 1. The van der Waals surface area contributed by atoms with Gasteiger partial charge in [0.1, 0.15) is 5.75 Å². The number of aliphatic imine (C=N–C) groups is 1. The number of ether oxygens (including phenoxy) is 1. The molecule has 2 aromatic rings. The second-order valence-corrected chi connectivity index (χ2v) is 9.45. The van der Waals surface area contributed by atoms with Crippen LogP contribution >= 0.6 is 0 Å². The zero-order chi connectivity index (χ0) is 20.4. The molecule has 0 N–H and O–H groups in total. The van der Waals surface area contributed by atoms with Gasteiger partial charge in [-0.15, -0.1) is 0 Å². The van der Waals surface area contributed by atoms with Crippen LogP contribution in [-0.2, 0) is 21.1 Å². The van der Waals surface area contributed by atoms with E-state index in [2.05, 4.69) is 4.99 Å². The third-order valence-electron chi connectivity index (χ3n) is 4.53. The van der Waals surface area contributed by atoms with E-state index in [9.17, 15) is 13.2 Å². The van der Waals surface area contributed by atoms with Crippen molar-refractivity contribution >= 4 is 27.5 Å². The molecule has 0 aliphatic carbocycles. The van der Waals surface area contributed by atoms with Crippen molar-refractivity contribution in [3.8, 4) is 5.75 Å². The molecule has 0 saturated heterocycles. The van der Waals surface area contributed by atoms with Gasteiger partial charge in [0.25, 0.3) is 5.91 Å². The van der Waals surface area contributed by atoms with E-state index in [4.69, 9.17) is 4.74 Å². The molecule has 6 heteroatoms. The summed E-state index contributed by atoms with van der Waals surface area (Å²) in [6.45, 7) is 3.99. The molecular formula is C22H23NO4S. The van der Waals surface area contributed by atoms with Gasteiger partial charge in [0.15, 0.2) is 9.84 Å². The van der Waals surface area contributed by atoms with E-state index >= 15 is 0 Å². The number of carbonyl (C=O) groups is 1. The van der Waals surface area contributed by atoms with Crippen LogP contribution < -0.4 is 4.74 Å². The molecule has 0 atom stereocenters. The van der Waals surface area contributed by atoms with Gasteiger partial charge in [-0.2, -0.15) is 0 Å². The molecule has 1 aliphatic rings. The van der Waals surface area contributed by atoms with Crippen LogP contribution in [-0.4, -0.2) is 33.4 Å². The van der Waals surface area contributed by atoms with Crippen LogP contribution in [0.3, 0.4) is 0 Å². The highest BCUT2D eigenvalue weighted by Crippen LogP contribution is 2.31. The average Bonchev–Trinajstić information content (AvgIpc) is 2.64. The van der Waals surface area contributed by atoms with Crippen molar-refractivity contribution < 1.29 is 17.9 Å². The largest absolute Gasteiger partial charge is 0.493 e. The Hall–Kier alpha value is -2.73. The zero-order valence-corrected chi connectivity index (χ0v) is 17.0. The lowest BCUT2D eigenvalue weighted by atomic mass is 9.86. The summed E-state index contributed by atoms with van der Waals surface area (Å²) in [5.41, 5.74) is 1.76. The quantitative estimate of drug-likeness (QED) is 0.744. The topological polar surface area (TPSA) is 72.8 Å². The first-order valence-corrected chi connectivity index (χ1v) is 10.9. The zero-order valence-electron chi connectivity index (χ0n) is 16.2. The van der Waals surface area contributed by atoms with Crippen LogP contribution in [0.25, 0.3) is 5.57 Å². The fourth-order valence-corrected chi connectivity index (χ4v) is 3.58. The molecule has 5 nitrogen and oxygen atoms in total. The number of dihydropyridines is 1. The summed E-state index contributed by atoms with van der Waals surface area (Å²) in [7, 11) is -3.42. The summed E-state index contributed by atoms with van der Waals surface area (Å²) in [5, 5.41) is 0. The lowest BCUT2D eigenvalue weighted by Crippen LogP contribution is -2.23. The van der Waals surface area contributed by atoms with E-state index in [1.165, 1.54) is 12.3 Å². The third-order valence-corrected chi connectivity index (χ3v) is 5.62. The Morgan fingerprint density at radius 2 is 1.79 bits per heavy atom. The van der Waals surface area contributed by atoms with Gasteiger partial charge in [-0.05, 0) is 48.7 Å². The van der Waals surface area contributed by atoms with Crippen LogP contribution in [0.4, 0.5) is 0 Å². The maximum absolute atomic E-state index is 12.1. The number of carbonyl (C=O) groups excluding carboxylic acids is 1. The number of amides is 1. The van der Waals surface area contributed by atoms with Crippen molar-refractivity contribution in [3.63, 3.8) is 0 Å². The monoisotopic (exact) mass is 397 g/mol. The van der Waals surface area contributed by atoms with E-state index in [1.807, 2.05) is 30.3 Å². The Kier molecular flexibility index (Phi) is 5.52. The molecule has 2 aromatic carbocycles. The smallest absolute Gasteiger partial charge is 0.255 e. The molecule has 0 saturated carbocycles. The Bertz CT molecular complexity index is 1050. The molecule has 0 unspecified atom stereocenters. The van der Waals surface area contributed by atoms with Gasteiger partial charge in [0.05, 0.1) is 16.9 Å². The molecule has 0 fully saturated rings. The summed E-state index contributed by atoms with van der Waals surface area (Å²) in [5.74, 6) is 0.243. The van der Waals surface area contributed by atoms with Gasteiger partial charge in [-0.3, -0.25) is 4.79 Å². The number of rotatable bonds is 6. The predicted molar refractivity (Wildman–Crippen MR) is 110 cm³/mol. The molecule has 3 rings (SSSR count). The lowest BCUT2D eigenvalue weighted by molar-refractivity contribution is -0.123. The average molecular weight is 397 g/mol. The molecule has 0 radical (unpaired) electrons. The Morgan fingerprint density at radius 3 is 2.43 bits per heavy atom. The Morgan fingerprint density at radius 1 is 1.07 bits per heavy atom. The highest BCUT2D eigenvalue weighted by atomic mass is 32.2. The SMILES string of the molecule is CC1(C)C=C(c2cc(OCCc3ccccc3)cc(S(C)(=O)=O)c2)C=NC1=O. The lowest BCUT2D eigenvalue weighted by Gasteiger charge is -2.21. The summed E-state index contributed by atoms with van der Waals surface area (Å²) in [6, 6.07) is 14.8. The summed E-state index contributed by atoms with van der Waals surface area (Å²) < 4.78 is 30.1. The fourth-order valence-electron chi connectivity index (χ4n) is 2.91. The summed E-state index contributed by atoms with van der Waals surface area (Å²) in [6.07, 6.45) is 5.15. The maximum Gasteiger partial charge on any atom is 0.255 e. The highest BCUT2D eigenvalue weighted by molar-refractivity contribution is 7.90. The van der Waals surface area contributed by atoms with Crippen molar-refractivity contribution in [2.45, 2.75) is 25.2 Å². The van der Waals surface area contributed by atoms with Crippen LogP contribution in [0.2, 0.25) is 0 Å². The highest BCUT2D eigenvalue weighted by Gasteiger charge is 2.28. The molecular weight excluding hydrogens is 374 g/mol. The third kappa shape index (κ3) is 4.75.